The van der Waals surface area contributed by atoms with Crippen LogP contribution in [0.4, 0.5) is 4.39 Å². The van der Waals surface area contributed by atoms with E-state index in [4.69, 9.17) is 0 Å². The quantitative estimate of drug-likeness (QED) is 0.484. The van der Waals surface area contributed by atoms with Crippen LogP contribution in [0.25, 0.3) is 0 Å². The second-order valence-corrected chi connectivity index (χ2v) is 5.55. The molecule has 0 N–H and O–H groups in total. The molecule has 0 fully saturated rings. The Bertz CT molecular complexity index is 629. The van der Waals surface area contributed by atoms with E-state index in [9.17, 15) is 4.39 Å². The summed E-state index contributed by atoms with van der Waals surface area (Å²) in [7, 11) is 0. The lowest BCUT2D eigenvalue weighted by atomic mass is 10.0. The van der Waals surface area contributed by atoms with Crippen molar-refractivity contribution in [1.29, 1.82) is 0 Å². The molecule has 0 atom stereocenters. The molecule has 0 aliphatic carbocycles. The monoisotopic (exact) mass is 293 g/mol. The van der Waals surface area contributed by atoms with Crippen LogP contribution in [0.1, 0.15) is 55.7 Å². The van der Waals surface area contributed by atoms with Crippen molar-refractivity contribution in [2.45, 2.75) is 45.4 Å². The Morgan fingerprint density at radius 1 is 0.909 bits per heavy atom. The maximum absolute atomic E-state index is 12.8. The summed E-state index contributed by atoms with van der Waals surface area (Å²) in [5.41, 5.74) is 3.09. The predicted molar refractivity (Wildman–Crippen MR) is 90.1 cm³/mol. The van der Waals surface area contributed by atoms with Crippen molar-refractivity contribution in [3.8, 4) is 11.8 Å². The number of aryl methyl sites for hydroxylation is 1. The van der Waals surface area contributed by atoms with Crippen molar-refractivity contribution in [2.24, 2.45) is 0 Å². The number of rotatable bonds is 6. The molecule has 0 aliphatic heterocycles. The van der Waals surface area contributed by atoms with Gasteiger partial charge in [-0.25, -0.2) is 4.39 Å². The molecule has 2 aromatic rings. The van der Waals surface area contributed by atoms with Crippen molar-refractivity contribution in [3.63, 3.8) is 0 Å². The maximum atomic E-state index is 12.8. The van der Waals surface area contributed by atoms with Crippen LogP contribution in [0.3, 0.4) is 0 Å². The van der Waals surface area contributed by atoms with Crippen molar-refractivity contribution in [2.75, 3.05) is 0 Å². The molecule has 0 saturated heterocycles. The zero-order valence-electron chi connectivity index (χ0n) is 13.2. The molecule has 0 aromatic heterocycles. The zero-order chi connectivity index (χ0) is 15.6. The predicted octanol–water partition coefficient (Wildman–Crippen LogP) is 5.54. The average Bonchev–Trinajstić information content (AvgIpc) is 2.55. The van der Waals surface area contributed by atoms with Gasteiger partial charge in [-0.15, -0.1) is 0 Å². The van der Waals surface area contributed by atoms with Gasteiger partial charge in [0.1, 0.15) is 5.82 Å². The van der Waals surface area contributed by atoms with Crippen LogP contribution < -0.4 is 0 Å². The topological polar surface area (TPSA) is 0 Å². The van der Waals surface area contributed by atoms with Gasteiger partial charge in [-0.1, -0.05) is 50.5 Å². The van der Waals surface area contributed by atoms with Gasteiger partial charge in [0.2, 0.25) is 0 Å². The molecule has 113 valence electrons. The molecule has 0 nitrogen and oxygen atoms in total. The van der Waals surface area contributed by atoms with E-state index in [0.29, 0.717) is 0 Å². The number of hydrogen-bond acceptors (Lipinski definition) is 0. The first-order chi connectivity index (χ1) is 10.8. The lowest BCUT2D eigenvalue weighted by molar-refractivity contribution is 0.627. The van der Waals surface area contributed by atoms with Gasteiger partial charge >= 0.3 is 0 Å². The van der Waals surface area contributed by atoms with Gasteiger partial charge in [0.25, 0.3) is 0 Å². The van der Waals surface area contributed by atoms with E-state index < -0.39 is 0 Å². The standard InChI is InChI=1S/C21H22F/c1-2-3-4-5-6-8-19-9-7-10-20(17-19)12-11-18-13-15-21(22)16-14-18/h9-10,13-17H,2-6,8H2,1H3. The lowest BCUT2D eigenvalue weighted by Gasteiger charge is -2.02. The Labute approximate surface area is 133 Å². The van der Waals surface area contributed by atoms with E-state index in [0.717, 1.165) is 17.5 Å². The van der Waals surface area contributed by atoms with Crippen LogP contribution >= 0.6 is 0 Å². The third-order valence-electron chi connectivity index (χ3n) is 3.61. The van der Waals surface area contributed by atoms with E-state index in [1.54, 1.807) is 12.1 Å². The highest BCUT2D eigenvalue weighted by Crippen LogP contribution is 2.10. The third-order valence-corrected chi connectivity index (χ3v) is 3.61. The summed E-state index contributed by atoms with van der Waals surface area (Å²) in [5, 5.41) is 0. The van der Waals surface area contributed by atoms with Gasteiger partial charge in [0, 0.05) is 11.1 Å². The van der Waals surface area contributed by atoms with Gasteiger partial charge < -0.3 is 0 Å². The van der Waals surface area contributed by atoms with Gasteiger partial charge in [-0.3, -0.25) is 0 Å². The Morgan fingerprint density at radius 2 is 1.64 bits per heavy atom. The highest BCUT2D eigenvalue weighted by molar-refractivity contribution is 5.43. The molecule has 2 rings (SSSR count). The Hall–Kier alpha value is -2.07. The molecule has 0 unspecified atom stereocenters. The van der Waals surface area contributed by atoms with E-state index >= 15 is 0 Å². The minimum Gasteiger partial charge on any atom is -0.207 e. The van der Waals surface area contributed by atoms with Crippen molar-refractivity contribution in [1.82, 2.24) is 0 Å². The van der Waals surface area contributed by atoms with Crippen molar-refractivity contribution < 1.29 is 4.39 Å². The number of unbranched alkanes of at least 4 members (excludes halogenated alkanes) is 4. The van der Waals surface area contributed by atoms with Crippen LogP contribution in [0, 0.1) is 23.7 Å². The fourth-order valence-corrected chi connectivity index (χ4v) is 2.35. The fraction of sp³-hybridized carbons (Fsp3) is 0.333. The Kier molecular flexibility index (Phi) is 6.71. The molecular formula is C21H22F. The largest absolute Gasteiger partial charge is 0.207 e. The first kappa shape index (κ1) is 16.3. The van der Waals surface area contributed by atoms with Crippen molar-refractivity contribution >= 4 is 0 Å². The molecule has 2 aromatic carbocycles. The molecule has 0 heterocycles. The average molecular weight is 293 g/mol. The van der Waals surface area contributed by atoms with Crippen molar-refractivity contribution in [3.05, 3.63) is 71.0 Å². The summed E-state index contributed by atoms with van der Waals surface area (Å²) in [6, 6.07) is 15.5. The summed E-state index contributed by atoms with van der Waals surface area (Å²) in [6.45, 7) is 2.23. The smallest absolute Gasteiger partial charge is 0.123 e. The molecule has 0 saturated carbocycles. The molecule has 0 aliphatic rings. The first-order valence-electron chi connectivity index (χ1n) is 8.05. The van der Waals surface area contributed by atoms with E-state index in [1.807, 2.05) is 12.1 Å². The number of hydrogen-bond donors (Lipinski definition) is 0. The van der Waals surface area contributed by atoms with Gasteiger partial charge in [-0.2, -0.15) is 0 Å². The second-order valence-electron chi connectivity index (χ2n) is 5.55. The molecule has 0 spiro atoms. The van der Waals surface area contributed by atoms with Gasteiger partial charge in [0.15, 0.2) is 0 Å². The van der Waals surface area contributed by atoms with Crippen LogP contribution in [0.2, 0.25) is 0 Å². The second kappa shape index (κ2) is 9.05. The first-order valence-corrected chi connectivity index (χ1v) is 8.05. The maximum Gasteiger partial charge on any atom is 0.123 e. The lowest BCUT2D eigenvalue weighted by Crippen LogP contribution is -1.87. The molecule has 1 heteroatoms. The highest BCUT2D eigenvalue weighted by atomic mass is 19.1. The molecular weight excluding hydrogens is 271 g/mol. The minimum absolute atomic E-state index is 0.232. The number of benzene rings is 2. The summed E-state index contributed by atoms with van der Waals surface area (Å²) in [6.07, 6.45) is 7.54. The highest BCUT2D eigenvalue weighted by Gasteiger charge is 1.96. The normalized spacial score (nSPS) is 10.1. The summed E-state index contributed by atoms with van der Waals surface area (Å²) in [5.74, 6) is 5.96. The third kappa shape index (κ3) is 5.74. The Balaban J connectivity index is 1.92. The SMILES string of the molecule is CCCCCCCc1c[c]cc(C#Cc2ccc(F)cc2)c1. The number of halogens is 1. The van der Waals surface area contributed by atoms with Crippen LogP contribution in [0.15, 0.2) is 42.5 Å². The van der Waals surface area contributed by atoms with E-state index in [1.165, 1.54) is 49.8 Å². The molecule has 0 amide bonds. The van der Waals surface area contributed by atoms with Crippen LogP contribution in [-0.2, 0) is 6.42 Å². The molecule has 0 bridgehead atoms. The summed E-state index contributed by atoms with van der Waals surface area (Å²) >= 11 is 0. The van der Waals surface area contributed by atoms with Crippen LogP contribution in [-0.4, -0.2) is 0 Å². The Morgan fingerprint density at radius 3 is 2.41 bits per heavy atom. The van der Waals surface area contributed by atoms with Crippen LogP contribution in [0.5, 0.6) is 0 Å². The molecule has 22 heavy (non-hydrogen) atoms. The molecule has 1 radical (unpaired) electrons. The van der Waals surface area contributed by atoms with Gasteiger partial charge in [-0.05, 0) is 60.9 Å². The zero-order valence-corrected chi connectivity index (χ0v) is 13.2. The minimum atomic E-state index is -0.232. The van der Waals surface area contributed by atoms with E-state index in [-0.39, 0.29) is 5.82 Å². The van der Waals surface area contributed by atoms with Gasteiger partial charge in [0.05, 0.1) is 0 Å². The summed E-state index contributed by atoms with van der Waals surface area (Å²) < 4.78 is 12.8. The fourth-order valence-electron chi connectivity index (χ4n) is 2.35. The summed E-state index contributed by atoms with van der Waals surface area (Å²) in [4.78, 5) is 0. The van der Waals surface area contributed by atoms with E-state index in [2.05, 4.69) is 30.9 Å².